The van der Waals surface area contributed by atoms with E-state index in [-0.39, 0.29) is 11.4 Å². The van der Waals surface area contributed by atoms with Crippen LogP contribution in [0.4, 0.5) is 5.69 Å². The van der Waals surface area contributed by atoms with Gasteiger partial charge in [0, 0.05) is 28.1 Å². The van der Waals surface area contributed by atoms with Crippen molar-refractivity contribution in [1.82, 2.24) is 10.2 Å². The molecular weight excluding hydrogens is 601 g/mol. The minimum absolute atomic E-state index is 0.0256. The molecule has 3 aromatic rings. The van der Waals surface area contributed by atoms with Gasteiger partial charge < -0.3 is 10.2 Å². The van der Waals surface area contributed by atoms with Gasteiger partial charge in [0.2, 0.25) is 11.8 Å². The molecule has 7 nitrogen and oxygen atoms in total. The predicted octanol–water partition coefficient (Wildman–Crippen LogP) is 5.42. The molecule has 1 atom stereocenters. The molecule has 3 rings (SSSR count). The summed E-state index contributed by atoms with van der Waals surface area (Å²) < 4.78 is 29.2. The molecule has 0 fully saturated rings. The van der Waals surface area contributed by atoms with Gasteiger partial charge in [-0.1, -0.05) is 62.9 Å². The summed E-state index contributed by atoms with van der Waals surface area (Å²) in [5.41, 5.74) is 1.76. The molecule has 0 aromatic heterocycles. The Balaban J connectivity index is 2.04. The molecule has 0 radical (unpaired) electrons. The number of aryl methyl sites for hydroxylation is 1. The Morgan fingerprint density at radius 2 is 1.62 bits per heavy atom. The smallest absolute Gasteiger partial charge is 0.264 e. The number of amides is 2. The van der Waals surface area contributed by atoms with Gasteiger partial charge in [0.1, 0.15) is 12.6 Å². The third-order valence-electron chi connectivity index (χ3n) is 5.77. The molecule has 0 bridgehead atoms. The molecule has 2 amide bonds. The van der Waals surface area contributed by atoms with Crippen molar-refractivity contribution < 1.29 is 18.0 Å². The fourth-order valence-electron chi connectivity index (χ4n) is 3.60. The second kappa shape index (κ2) is 12.3. The van der Waals surface area contributed by atoms with Crippen LogP contribution >= 0.6 is 39.1 Å². The maximum Gasteiger partial charge on any atom is 0.264 e. The lowest BCUT2D eigenvalue weighted by molar-refractivity contribution is -0.139. The van der Waals surface area contributed by atoms with Crippen LogP contribution < -0.4 is 9.62 Å². The van der Waals surface area contributed by atoms with Crippen LogP contribution in [0.15, 0.2) is 76.1 Å². The Hall–Kier alpha value is -2.59. The van der Waals surface area contributed by atoms with E-state index in [1.165, 1.54) is 24.1 Å². The summed E-state index contributed by atoms with van der Waals surface area (Å²) in [4.78, 5) is 27.6. The van der Waals surface area contributed by atoms with Crippen molar-refractivity contribution in [2.45, 2.75) is 31.3 Å². The van der Waals surface area contributed by atoms with Crippen molar-refractivity contribution in [2.24, 2.45) is 0 Å². The van der Waals surface area contributed by atoms with Crippen LogP contribution in [0, 0.1) is 6.92 Å². The lowest BCUT2D eigenvalue weighted by Gasteiger charge is -2.32. The number of hydrogen-bond donors (Lipinski definition) is 1. The molecule has 0 saturated carbocycles. The SMILES string of the molecule is CNC(=O)[C@@H](C)N(Cc1ccc(Cl)cc1Cl)C(=O)CN(c1ccc(Br)cc1)S(=O)(=O)c1ccc(C)cc1. The van der Waals surface area contributed by atoms with Gasteiger partial charge in [-0.05, 0) is 67.9 Å². The molecule has 0 spiro atoms. The van der Waals surface area contributed by atoms with E-state index in [0.717, 1.165) is 14.3 Å². The fraction of sp³-hybridized carbons (Fsp3) is 0.231. The lowest BCUT2D eigenvalue weighted by Crippen LogP contribution is -2.50. The first-order valence-electron chi connectivity index (χ1n) is 11.2. The van der Waals surface area contributed by atoms with Gasteiger partial charge in [-0.2, -0.15) is 0 Å². The van der Waals surface area contributed by atoms with E-state index in [1.54, 1.807) is 61.5 Å². The number of anilines is 1. The summed E-state index contributed by atoms with van der Waals surface area (Å²) >= 11 is 15.7. The van der Waals surface area contributed by atoms with Crippen LogP contribution in [0.2, 0.25) is 10.0 Å². The Morgan fingerprint density at radius 3 is 2.19 bits per heavy atom. The first-order valence-corrected chi connectivity index (χ1v) is 14.2. The standard InChI is InChI=1S/C26H26BrCl2N3O4S/c1-17-4-12-23(13-5-17)37(35,36)32(22-10-7-20(27)8-11-22)16-25(33)31(18(2)26(34)30-3)15-19-6-9-21(28)14-24(19)29/h4-14,18H,15-16H2,1-3H3,(H,30,34)/t18-/m1/s1. The fourth-order valence-corrected chi connectivity index (χ4v) is 5.75. The third-order valence-corrected chi connectivity index (χ3v) is 8.68. The molecular formula is C26H26BrCl2N3O4S. The van der Waals surface area contributed by atoms with Crippen LogP contribution in [0.25, 0.3) is 0 Å². The number of benzene rings is 3. The zero-order chi connectivity index (χ0) is 27.3. The number of likely N-dealkylation sites (N-methyl/N-ethyl adjacent to an activating group) is 1. The number of carbonyl (C=O) groups is 2. The van der Waals surface area contributed by atoms with Crippen LogP contribution in [-0.2, 0) is 26.2 Å². The Bertz CT molecular complexity index is 1380. The highest BCUT2D eigenvalue weighted by atomic mass is 79.9. The molecule has 1 N–H and O–H groups in total. The van der Waals surface area contributed by atoms with Crippen molar-refractivity contribution in [2.75, 3.05) is 17.9 Å². The van der Waals surface area contributed by atoms with Gasteiger partial charge >= 0.3 is 0 Å². The quantitative estimate of drug-likeness (QED) is 0.344. The number of carbonyl (C=O) groups excluding carboxylic acids is 2. The number of halogens is 3. The van der Waals surface area contributed by atoms with Crippen LogP contribution in [0.1, 0.15) is 18.1 Å². The Kier molecular flexibility index (Phi) is 9.63. The first-order chi connectivity index (χ1) is 17.4. The van der Waals surface area contributed by atoms with E-state index in [0.29, 0.717) is 21.3 Å². The van der Waals surface area contributed by atoms with Gasteiger partial charge in [0.25, 0.3) is 10.0 Å². The highest BCUT2D eigenvalue weighted by Crippen LogP contribution is 2.27. The van der Waals surface area contributed by atoms with Crippen molar-refractivity contribution in [3.8, 4) is 0 Å². The zero-order valence-corrected chi connectivity index (χ0v) is 24.3. The van der Waals surface area contributed by atoms with Gasteiger partial charge in [-0.25, -0.2) is 8.42 Å². The normalized spacial score (nSPS) is 12.1. The van der Waals surface area contributed by atoms with Gasteiger partial charge in [-0.15, -0.1) is 0 Å². The third kappa shape index (κ3) is 7.04. The van der Waals surface area contributed by atoms with E-state index in [4.69, 9.17) is 23.2 Å². The highest BCUT2D eigenvalue weighted by molar-refractivity contribution is 9.10. The Morgan fingerprint density at radius 1 is 1.00 bits per heavy atom. The number of hydrogen-bond acceptors (Lipinski definition) is 4. The zero-order valence-electron chi connectivity index (χ0n) is 20.4. The van der Waals surface area contributed by atoms with Crippen LogP contribution in [0.3, 0.4) is 0 Å². The molecule has 0 saturated heterocycles. The van der Waals surface area contributed by atoms with Crippen LogP contribution in [0.5, 0.6) is 0 Å². The summed E-state index contributed by atoms with van der Waals surface area (Å²) in [6.07, 6.45) is 0. The van der Waals surface area contributed by atoms with Crippen LogP contribution in [-0.4, -0.2) is 44.8 Å². The maximum absolute atomic E-state index is 13.7. The number of nitrogens with one attached hydrogen (secondary N) is 1. The molecule has 0 heterocycles. The van der Waals surface area contributed by atoms with Crippen molar-refractivity contribution in [1.29, 1.82) is 0 Å². The second-order valence-corrected chi connectivity index (χ2v) is 12.0. The summed E-state index contributed by atoms with van der Waals surface area (Å²) in [6, 6.07) is 16.9. The first kappa shape index (κ1) is 29.0. The van der Waals surface area contributed by atoms with E-state index < -0.39 is 34.4 Å². The number of nitrogens with zero attached hydrogens (tertiary/aromatic N) is 2. The van der Waals surface area contributed by atoms with Crippen molar-refractivity contribution in [3.05, 3.63) is 92.4 Å². The van der Waals surface area contributed by atoms with Crippen molar-refractivity contribution in [3.63, 3.8) is 0 Å². The topological polar surface area (TPSA) is 86.8 Å². The van der Waals surface area contributed by atoms with Crippen molar-refractivity contribution >= 4 is 66.7 Å². The molecule has 0 unspecified atom stereocenters. The summed E-state index contributed by atoms with van der Waals surface area (Å²) in [7, 11) is -2.66. The average molecular weight is 627 g/mol. The van der Waals surface area contributed by atoms with Gasteiger partial charge in [0.05, 0.1) is 10.6 Å². The molecule has 0 aliphatic heterocycles. The minimum Gasteiger partial charge on any atom is -0.357 e. The summed E-state index contributed by atoms with van der Waals surface area (Å²) in [6.45, 7) is 2.86. The molecule has 0 aliphatic carbocycles. The van der Waals surface area contributed by atoms with Gasteiger partial charge in [-0.3, -0.25) is 13.9 Å². The number of rotatable bonds is 9. The average Bonchev–Trinajstić information content (AvgIpc) is 2.86. The minimum atomic E-state index is -4.12. The molecule has 3 aromatic carbocycles. The molecule has 37 heavy (non-hydrogen) atoms. The Labute approximate surface area is 235 Å². The summed E-state index contributed by atoms with van der Waals surface area (Å²) in [5, 5.41) is 3.29. The maximum atomic E-state index is 13.7. The number of sulfonamides is 1. The van der Waals surface area contributed by atoms with Gasteiger partial charge in [0.15, 0.2) is 0 Å². The molecule has 0 aliphatic rings. The van der Waals surface area contributed by atoms with E-state index in [2.05, 4.69) is 21.2 Å². The second-order valence-electron chi connectivity index (χ2n) is 8.35. The van der Waals surface area contributed by atoms with E-state index >= 15 is 0 Å². The predicted molar refractivity (Wildman–Crippen MR) is 150 cm³/mol. The molecule has 11 heteroatoms. The highest BCUT2D eigenvalue weighted by Gasteiger charge is 2.32. The monoisotopic (exact) mass is 625 g/mol. The van der Waals surface area contributed by atoms with E-state index in [9.17, 15) is 18.0 Å². The lowest BCUT2D eigenvalue weighted by atomic mass is 10.1. The molecule has 196 valence electrons. The largest absolute Gasteiger partial charge is 0.357 e. The van der Waals surface area contributed by atoms with E-state index in [1.807, 2.05) is 6.92 Å². The summed E-state index contributed by atoms with van der Waals surface area (Å²) in [5.74, 6) is -0.990.